The molecule has 0 radical (unpaired) electrons. The molecule has 0 saturated carbocycles. The Hall–Kier alpha value is -1.42. The molecule has 1 atom stereocenters. The van der Waals surface area contributed by atoms with E-state index in [1.165, 1.54) is 11.9 Å². The van der Waals surface area contributed by atoms with E-state index < -0.39 is 23.4 Å². The van der Waals surface area contributed by atoms with E-state index in [9.17, 15) is 23.1 Å². The number of rotatable bonds is 1. The Morgan fingerprint density at radius 2 is 2.12 bits per heavy atom. The van der Waals surface area contributed by atoms with Gasteiger partial charge in [-0.05, 0) is 0 Å². The van der Waals surface area contributed by atoms with Gasteiger partial charge in [0.2, 0.25) is 10.1 Å². The minimum absolute atomic E-state index is 0.0137. The van der Waals surface area contributed by atoms with Crippen LogP contribution in [0.1, 0.15) is 5.01 Å². The molecule has 0 bridgehead atoms. The lowest BCUT2D eigenvalue weighted by Gasteiger charge is -2.14. The molecule has 2 amide bonds. The average molecular weight is 268 g/mol. The molecule has 1 aromatic rings. The summed E-state index contributed by atoms with van der Waals surface area (Å²) >= 11 is 0.218. The van der Waals surface area contributed by atoms with Crippen LogP contribution in [0.4, 0.5) is 23.1 Å². The van der Waals surface area contributed by atoms with Gasteiger partial charge < -0.3 is 10.0 Å². The largest absolute Gasteiger partial charge is 0.445 e. The second kappa shape index (κ2) is 3.81. The van der Waals surface area contributed by atoms with E-state index in [4.69, 9.17) is 0 Å². The molecule has 1 aliphatic rings. The first-order chi connectivity index (χ1) is 7.80. The van der Waals surface area contributed by atoms with Crippen LogP contribution < -0.4 is 4.90 Å². The number of carbonyl (C=O) groups is 1. The van der Waals surface area contributed by atoms with Crippen LogP contribution in [0, 0.1) is 0 Å². The van der Waals surface area contributed by atoms with Crippen molar-refractivity contribution in [1.82, 2.24) is 15.1 Å². The Kier molecular flexibility index (Phi) is 2.70. The third-order valence-corrected chi connectivity index (χ3v) is 3.10. The van der Waals surface area contributed by atoms with Gasteiger partial charge in [0, 0.05) is 7.05 Å². The zero-order valence-corrected chi connectivity index (χ0v) is 9.29. The molecular weight excluding hydrogens is 261 g/mol. The van der Waals surface area contributed by atoms with Gasteiger partial charge in [0.05, 0.1) is 6.54 Å². The minimum atomic E-state index is -4.60. The molecule has 0 spiro atoms. The number of hydrogen-bond acceptors (Lipinski definition) is 5. The lowest BCUT2D eigenvalue weighted by molar-refractivity contribution is -0.138. The van der Waals surface area contributed by atoms with Gasteiger partial charge in [-0.3, -0.25) is 0 Å². The molecule has 94 valence electrons. The molecule has 1 aliphatic heterocycles. The number of anilines is 1. The number of aliphatic hydroxyl groups excluding tert-OH is 1. The Morgan fingerprint density at radius 1 is 1.47 bits per heavy atom. The molecule has 2 heterocycles. The van der Waals surface area contributed by atoms with E-state index in [1.807, 2.05) is 0 Å². The molecule has 2 rings (SSSR count). The van der Waals surface area contributed by atoms with Crippen LogP contribution in [0.5, 0.6) is 0 Å². The van der Waals surface area contributed by atoms with Crippen molar-refractivity contribution in [2.75, 3.05) is 18.5 Å². The molecule has 1 unspecified atom stereocenters. The fourth-order valence-electron chi connectivity index (χ4n) is 1.35. The number of amides is 2. The third-order valence-electron chi connectivity index (χ3n) is 2.13. The molecule has 1 N–H and O–H groups in total. The second-order valence-corrected chi connectivity index (χ2v) is 4.36. The second-order valence-electron chi connectivity index (χ2n) is 3.40. The minimum Gasteiger partial charge on any atom is -0.371 e. The number of alkyl halides is 3. The highest BCUT2D eigenvalue weighted by atomic mass is 32.1. The molecule has 1 saturated heterocycles. The summed E-state index contributed by atoms with van der Waals surface area (Å²) < 4.78 is 36.9. The van der Waals surface area contributed by atoms with Gasteiger partial charge in [-0.1, -0.05) is 11.3 Å². The lowest BCUT2D eigenvalue weighted by Crippen LogP contribution is -2.34. The van der Waals surface area contributed by atoms with Crippen LogP contribution >= 0.6 is 11.3 Å². The Morgan fingerprint density at radius 3 is 2.53 bits per heavy atom. The molecular formula is C7H7F3N4O2S. The van der Waals surface area contributed by atoms with Gasteiger partial charge in [0.15, 0.2) is 6.23 Å². The fraction of sp³-hybridized carbons (Fsp3) is 0.571. The number of β-amino-alcohol motifs (C(OH)–C–C–N with tert-alkyl or cyclic N) is 1. The zero-order chi connectivity index (χ0) is 12.8. The van der Waals surface area contributed by atoms with Crippen molar-refractivity contribution < 1.29 is 23.1 Å². The lowest BCUT2D eigenvalue weighted by atomic mass is 10.5. The molecule has 10 heteroatoms. The van der Waals surface area contributed by atoms with Crippen molar-refractivity contribution in [2.24, 2.45) is 0 Å². The number of nitrogens with zero attached hydrogens (tertiary/aromatic N) is 4. The van der Waals surface area contributed by atoms with E-state index in [0.717, 1.165) is 4.90 Å². The maximum Gasteiger partial charge on any atom is 0.445 e. The van der Waals surface area contributed by atoms with Gasteiger partial charge in [0.25, 0.3) is 0 Å². The summed E-state index contributed by atoms with van der Waals surface area (Å²) in [7, 11) is 1.43. The standard InChI is InChI=1S/C7H7F3N4O2S/c1-13-2-3(15)14(6(13)16)5-12-11-4(17-5)7(8,9)10/h3,15H,2H2,1H3. The van der Waals surface area contributed by atoms with Gasteiger partial charge in [-0.15, -0.1) is 10.2 Å². The van der Waals surface area contributed by atoms with Gasteiger partial charge in [0.1, 0.15) is 0 Å². The maximum absolute atomic E-state index is 12.3. The summed E-state index contributed by atoms with van der Waals surface area (Å²) in [5, 5.41) is 14.3. The highest BCUT2D eigenvalue weighted by Gasteiger charge is 2.41. The Labute approximate surface area is 97.3 Å². The third kappa shape index (κ3) is 2.05. The SMILES string of the molecule is CN1CC(O)N(c2nnc(C(F)(F)F)s2)C1=O. The van der Waals surface area contributed by atoms with Crippen molar-refractivity contribution >= 4 is 22.5 Å². The monoisotopic (exact) mass is 268 g/mol. The average Bonchev–Trinajstić information content (AvgIpc) is 2.73. The van der Waals surface area contributed by atoms with Crippen LogP contribution in [-0.4, -0.2) is 46.1 Å². The Balaban J connectivity index is 2.29. The quantitative estimate of drug-likeness (QED) is 0.816. The van der Waals surface area contributed by atoms with Crippen LogP contribution in [0.3, 0.4) is 0 Å². The topological polar surface area (TPSA) is 69.6 Å². The number of urea groups is 1. The first kappa shape index (κ1) is 12.0. The van der Waals surface area contributed by atoms with Crippen LogP contribution in [0.15, 0.2) is 0 Å². The number of aromatic nitrogens is 2. The summed E-state index contributed by atoms with van der Waals surface area (Å²) in [5.74, 6) is 0. The fourth-order valence-corrected chi connectivity index (χ4v) is 2.10. The van der Waals surface area contributed by atoms with Crippen molar-refractivity contribution in [3.8, 4) is 0 Å². The number of hydrogen-bond donors (Lipinski definition) is 1. The summed E-state index contributed by atoms with van der Waals surface area (Å²) in [6.45, 7) is 0.0137. The molecule has 6 nitrogen and oxygen atoms in total. The normalized spacial score (nSPS) is 21.5. The number of aliphatic hydroxyl groups is 1. The maximum atomic E-state index is 12.3. The first-order valence-corrected chi connectivity index (χ1v) is 5.25. The molecule has 17 heavy (non-hydrogen) atoms. The molecule has 1 fully saturated rings. The molecule has 1 aromatic heterocycles. The summed E-state index contributed by atoms with van der Waals surface area (Å²) in [6, 6.07) is -0.609. The number of carbonyl (C=O) groups excluding carboxylic acids is 1. The van der Waals surface area contributed by atoms with Gasteiger partial charge in [-0.2, -0.15) is 13.2 Å². The Bertz CT molecular complexity index is 449. The highest BCUT2D eigenvalue weighted by molar-refractivity contribution is 7.15. The van der Waals surface area contributed by atoms with Gasteiger partial charge >= 0.3 is 12.2 Å². The van der Waals surface area contributed by atoms with E-state index >= 15 is 0 Å². The zero-order valence-electron chi connectivity index (χ0n) is 8.47. The van der Waals surface area contributed by atoms with Crippen molar-refractivity contribution in [2.45, 2.75) is 12.4 Å². The summed E-state index contributed by atoms with van der Waals surface area (Å²) in [5.41, 5.74) is 0. The van der Waals surface area contributed by atoms with Crippen molar-refractivity contribution in [3.63, 3.8) is 0 Å². The first-order valence-electron chi connectivity index (χ1n) is 4.44. The molecule has 0 aliphatic carbocycles. The number of halogens is 3. The summed E-state index contributed by atoms with van der Waals surface area (Å²) in [4.78, 5) is 13.5. The highest BCUT2D eigenvalue weighted by Crippen LogP contribution is 2.35. The summed E-state index contributed by atoms with van der Waals surface area (Å²) in [6.07, 6.45) is -5.81. The van der Waals surface area contributed by atoms with Crippen LogP contribution in [0.25, 0.3) is 0 Å². The molecule has 0 aromatic carbocycles. The van der Waals surface area contributed by atoms with E-state index in [0.29, 0.717) is 0 Å². The smallest absolute Gasteiger partial charge is 0.371 e. The van der Waals surface area contributed by atoms with Crippen molar-refractivity contribution in [3.05, 3.63) is 5.01 Å². The predicted octanol–water partition coefficient (Wildman–Crippen LogP) is 0.747. The number of likely N-dealkylation sites (N-methyl/N-ethyl adjacent to an activating group) is 1. The van der Waals surface area contributed by atoms with E-state index in [2.05, 4.69) is 10.2 Å². The van der Waals surface area contributed by atoms with Crippen molar-refractivity contribution in [1.29, 1.82) is 0 Å². The van der Waals surface area contributed by atoms with E-state index in [-0.39, 0.29) is 23.0 Å². The van der Waals surface area contributed by atoms with E-state index in [1.54, 1.807) is 0 Å². The predicted molar refractivity (Wildman–Crippen MR) is 51.4 cm³/mol. The van der Waals surface area contributed by atoms with Crippen LogP contribution in [0.2, 0.25) is 0 Å². The van der Waals surface area contributed by atoms with Gasteiger partial charge in [-0.25, -0.2) is 9.69 Å². The van der Waals surface area contributed by atoms with Crippen LogP contribution in [-0.2, 0) is 6.18 Å².